The number of nitrogens with two attached hydrogens (primary N) is 2. The molecule has 0 fully saturated rings. The molecule has 0 aromatic rings. The van der Waals surface area contributed by atoms with E-state index in [1.807, 2.05) is 0 Å². The first kappa shape index (κ1) is 15.3. The van der Waals surface area contributed by atoms with Gasteiger partial charge in [-0.15, -0.1) is 0 Å². The zero-order valence-corrected chi connectivity index (χ0v) is 11.0. The molecular formula is C11H26N4O. The van der Waals surface area contributed by atoms with E-state index in [-0.39, 0.29) is 0 Å². The highest BCUT2D eigenvalue weighted by atomic mass is 16.1. The molecule has 0 aliphatic carbocycles. The van der Waals surface area contributed by atoms with Crippen molar-refractivity contribution in [3.05, 3.63) is 0 Å². The fourth-order valence-corrected chi connectivity index (χ4v) is 1.32. The summed E-state index contributed by atoms with van der Waals surface area (Å²) in [5.74, 6) is -0.427. The van der Waals surface area contributed by atoms with Crippen LogP contribution in [0.15, 0.2) is 0 Å². The molecular weight excluding hydrogens is 204 g/mol. The second-order valence-electron chi connectivity index (χ2n) is 4.99. The van der Waals surface area contributed by atoms with Crippen LogP contribution in [0.25, 0.3) is 0 Å². The average Bonchev–Trinajstić information content (AvgIpc) is 2.14. The summed E-state index contributed by atoms with van der Waals surface area (Å²) < 4.78 is 0. The van der Waals surface area contributed by atoms with Gasteiger partial charge < -0.3 is 21.3 Å². The highest BCUT2D eigenvalue weighted by molar-refractivity contribution is 5.83. The zero-order chi connectivity index (χ0) is 12.8. The SMILES string of the molecule is CN(C)CCN(C)CCCC(C)(N)C(N)=O. The highest BCUT2D eigenvalue weighted by Gasteiger charge is 2.24. The van der Waals surface area contributed by atoms with Crippen LogP contribution in [0, 0.1) is 0 Å². The molecule has 0 aliphatic rings. The minimum Gasteiger partial charge on any atom is -0.368 e. The third-order valence-corrected chi connectivity index (χ3v) is 2.73. The van der Waals surface area contributed by atoms with Crippen molar-refractivity contribution in [1.29, 1.82) is 0 Å². The second kappa shape index (κ2) is 6.83. The van der Waals surface area contributed by atoms with Crippen LogP contribution in [-0.4, -0.2) is 62.0 Å². The first-order valence-corrected chi connectivity index (χ1v) is 5.68. The monoisotopic (exact) mass is 230 g/mol. The van der Waals surface area contributed by atoms with Gasteiger partial charge in [-0.2, -0.15) is 0 Å². The van der Waals surface area contributed by atoms with Crippen LogP contribution in [-0.2, 0) is 4.79 Å². The van der Waals surface area contributed by atoms with E-state index in [2.05, 4.69) is 30.9 Å². The molecule has 4 N–H and O–H groups in total. The van der Waals surface area contributed by atoms with E-state index < -0.39 is 11.4 Å². The van der Waals surface area contributed by atoms with Crippen molar-refractivity contribution in [2.75, 3.05) is 40.8 Å². The number of carbonyl (C=O) groups excluding carboxylic acids is 1. The summed E-state index contributed by atoms with van der Waals surface area (Å²) in [7, 11) is 6.18. The van der Waals surface area contributed by atoms with Crippen molar-refractivity contribution >= 4 is 5.91 Å². The van der Waals surface area contributed by atoms with Crippen molar-refractivity contribution < 1.29 is 4.79 Å². The molecule has 16 heavy (non-hydrogen) atoms. The number of likely N-dealkylation sites (N-methyl/N-ethyl adjacent to an activating group) is 2. The average molecular weight is 230 g/mol. The molecule has 96 valence electrons. The van der Waals surface area contributed by atoms with Crippen molar-refractivity contribution in [3.8, 4) is 0 Å². The van der Waals surface area contributed by atoms with E-state index in [0.29, 0.717) is 6.42 Å². The van der Waals surface area contributed by atoms with Crippen molar-refractivity contribution in [3.63, 3.8) is 0 Å². The van der Waals surface area contributed by atoms with Crippen LogP contribution in [0.4, 0.5) is 0 Å². The molecule has 0 saturated heterocycles. The highest BCUT2D eigenvalue weighted by Crippen LogP contribution is 2.08. The lowest BCUT2D eigenvalue weighted by Gasteiger charge is -2.23. The topological polar surface area (TPSA) is 75.6 Å². The maximum Gasteiger partial charge on any atom is 0.237 e. The molecule has 0 aliphatic heterocycles. The van der Waals surface area contributed by atoms with Gasteiger partial charge in [0.2, 0.25) is 5.91 Å². The lowest BCUT2D eigenvalue weighted by atomic mass is 9.96. The van der Waals surface area contributed by atoms with E-state index in [1.54, 1.807) is 6.92 Å². The Kier molecular flexibility index (Phi) is 6.55. The van der Waals surface area contributed by atoms with E-state index >= 15 is 0 Å². The number of hydrogen-bond donors (Lipinski definition) is 2. The van der Waals surface area contributed by atoms with Gasteiger partial charge in [-0.1, -0.05) is 0 Å². The predicted octanol–water partition coefficient (Wildman–Crippen LogP) is -0.537. The van der Waals surface area contributed by atoms with Gasteiger partial charge in [0.25, 0.3) is 0 Å². The Bertz CT molecular complexity index is 216. The molecule has 0 aromatic carbocycles. The van der Waals surface area contributed by atoms with Gasteiger partial charge in [-0.3, -0.25) is 4.79 Å². The summed E-state index contributed by atoms with van der Waals surface area (Å²) >= 11 is 0. The van der Waals surface area contributed by atoms with Crippen LogP contribution >= 0.6 is 0 Å². The van der Waals surface area contributed by atoms with Crippen LogP contribution in [0.1, 0.15) is 19.8 Å². The van der Waals surface area contributed by atoms with Crippen LogP contribution in [0.2, 0.25) is 0 Å². The van der Waals surface area contributed by atoms with E-state index in [0.717, 1.165) is 26.1 Å². The van der Waals surface area contributed by atoms with Gasteiger partial charge in [0.1, 0.15) is 0 Å². The van der Waals surface area contributed by atoms with E-state index in [9.17, 15) is 4.79 Å². The first-order valence-electron chi connectivity index (χ1n) is 5.68. The van der Waals surface area contributed by atoms with Gasteiger partial charge in [0.15, 0.2) is 0 Å². The van der Waals surface area contributed by atoms with Crippen molar-refractivity contribution in [1.82, 2.24) is 9.80 Å². The van der Waals surface area contributed by atoms with Crippen LogP contribution < -0.4 is 11.5 Å². The molecule has 0 saturated carbocycles. The Morgan fingerprint density at radius 3 is 2.19 bits per heavy atom. The molecule has 0 radical (unpaired) electrons. The smallest absolute Gasteiger partial charge is 0.237 e. The van der Waals surface area contributed by atoms with Crippen molar-refractivity contribution in [2.45, 2.75) is 25.3 Å². The molecule has 0 heterocycles. The van der Waals surface area contributed by atoms with Crippen molar-refractivity contribution in [2.24, 2.45) is 11.5 Å². The van der Waals surface area contributed by atoms with Gasteiger partial charge >= 0.3 is 0 Å². The van der Waals surface area contributed by atoms with E-state index in [4.69, 9.17) is 11.5 Å². The standard InChI is InChI=1S/C11H26N4O/c1-11(13,10(12)16)6-5-7-15(4)9-8-14(2)3/h5-9,13H2,1-4H3,(H2,12,16). The molecule has 1 unspecified atom stereocenters. The number of amides is 1. The normalized spacial score (nSPS) is 15.4. The predicted molar refractivity (Wildman–Crippen MR) is 67.1 cm³/mol. The summed E-state index contributed by atoms with van der Waals surface area (Å²) in [5.41, 5.74) is 10.1. The summed E-state index contributed by atoms with van der Waals surface area (Å²) in [6.45, 7) is 4.68. The lowest BCUT2D eigenvalue weighted by Crippen LogP contribution is -2.49. The Labute approximate surface area is 98.7 Å². The summed E-state index contributed by atoms with van der Waals surface area (Å²) in [4.78, 5) is 15.4. The minimum absolute atomic E-state index is 0.427. The maximum absolute atomic E-state index is 11.0. The van der Waals surface area contributed by atoms with Gasteiger partial charge in [0, 0.05) is 13.1 Å². The van der Waals surface area contributed by atoms with Crippen LogP contribution in [0.5, 0.6) is 0 Å². The zero-order valence-electron chi connectivity index (χ0n) is 11.0. The molecule has 5 heteroatoms. The first-order chi connectivity index (χ1) is 7.25. The van der Waals surface area contributed by atoms with Crippen LogP contribution in [0.3, 0.4) is 0 Å². The van der Waals surface area contributed by atoms with E-state index in [1.165, 1.54) is 0 Å². The number of hydrogen-bond acceptors (Lipinski definition) is 4. The maximum atomic E-state index is 11.0. The van der Waals surface area contributed by atoms with Gasteiger partial charge in [-0.25, -0.2) is 0 Å². The molecule has 0 spiro atoms. The Hall–Kier alpha value is -0.650. The largest absolute Gasteiger partial charge is 0.368 e. The Morgan fingerprint density at radius 1 is 1.19 bits per heavy atom. The molecule has 5 nitrogen and oxygen atoms in total. The Morgan fingerprint density at radius 2 is 1.75 bits per heavy atom. The number of primary amides is 1. The molecule has 0 aromatic heterocycles. The summed E-state index contributed by atoms with van der Waals surface area (Å²) in [6.07, 6.45) is 1.52. The third-order valence-electron chi connectivity index (χ3n) is 2.73. The third kappa shape index (κ3) is 6.76. The molecule has 0 rings (SSSR count). The second-order valence-corrected chi connectivity index (χ2v) is 4.99. The fourth-order valence-electron chi connectivity index (χ4n) is 1.32. The number of rotatable bonds is 8. The number of carbonyl (C=O) groups is 1. The van der Waals surface area contributed by atoms with Gasteiger partial charge in [0.05, 0.1) is 5.54 Å². The van der Waals surface area contributed by atoms with Gasteiger partial charge in [-0.05, 0) is 47.5 Å². The minimum atomic E-state index is -0.873. The quantitative estimate of drug-likeness (QED) is 0.587. The lowest BCUT2D eigenvalue weighted by molar-refractivity contribution is -0.122. The number of nitrogens with zero attached hydrogens (tertiary/aromatic N) is 2. The molecule has 1 atom stereocenters. The summed E-state index contributed by atoms with van der Waals surface area (Å²) in [5, 5.41) is 0. The Balaban J connectivity index is 3.69. The fraction of sp³-hybridized carbons (Fsp3) is 0.909. The molecule has 1 amide bonds. The molecule has 0 bridgehead atoms. The summed E-state index contributed by atoms with van der Waals surface area (Å²) in [6, 6.07) is 0.